The zero-order valence-electron chi connectivity index (χ0n) is 11.7. The maximum Gasteiger partial charge on any atom is 0.251 e. The van der Waals surface area contributed by atoms with E-state index < -0.39 is 0 Å². The van der Waals surface area contributed by atoms with Crippen molar-refractivity contribution in [2.24, 2.45) is 0 Å². The molecule has 0 unspecified atom stereocenters. The van der Waals surface area contributed by atoms with E-state index in [-0.39, 0.29) is 23.4 Å². The summed E-state index contributed by atoms with van der Waals surface area (Å²) in [7, 11) is 0. The predicted octanol–water partition coefficient (Wildman–Crippen LogP) is 1.75. The topological polar surface area (TPSA) is 81.6 Å². The Labute approximate surface area is 119 Å². The van der Waals surface area contributed by atoms with Crippen molar-refractivity contribution in [3.05, 3.63) is 23.8 Å². The number of phenols is 2. The third-order valence-electron chi connectivity index (χ3n) is 3.79. The zero-order valence-corrected chi connectivity index (χ0v) is 11.7. The van der Waals surface area contributed by atoms with Gasteiger partial charge in [0.05, 0.1) is 0 Å². The molecule has 0 aromatic heterocycles. The molecule has 20 heavy (non-hydrogen) atoms. The van der Waals surface area contributed by atoms with Crippen LogP contribution in [0.3, 0.4) is 0 Å². The molecule has 0 saturated heterocycles. The molecule has 5 heteroatoms. The highest BCUT2D eigenvalue weighted by molar-refractivity contribution is 5.95. The van der Waals surface area contributed by atoms with Gasteiger partial charge in [0, 0.05) is 17.6 Å². The van der Waals surface area contributed by atoms with Gasteiger partial charge >= 0.3 is 0 Å². The molecule has 5 nitrogen and oxygen atoms in total. The summed E-state index contributed by atoms with van der Waals surface area (Å²) in [6.45, 7) is 3.08. The fraction of sp³-hybridized carbons (Fsp3) is 0.533. The Morgan fingerprint density at radius 3 is 2.40 bits per heavy atom. The van der Waals surface area contributed by atoms with Crippen LogP contribution in [0.1, 0.15) is 43.0 Å². The van der Waals surface area contributed by atoms with Gasteiger partial charge in [-0.2, -0.15) is 0 Å². The largest absolute Gasteiger partial charge is 0.504 e. The molecule has 0 aliphatic heterocycles. The maximum atomic E-state index is 12.1. The second-order valence-corrected chi connectivity index (χ2v) is 5.28. The third kappa shape index (κ3) is 3.63. The van der Waals surface area contributed by atoms with Crippen LogP contribution in [0.2, 0.25) is 0 Å². The van der Waals surface area contributed by atoms with E-state index in [1.165, 1.54) is 18.2 Å². The van der Waals surface area contributed by atoms with Crippen molar-refractivity contribution in [1.29, 1.82) is 0 Å². The van der Waals surface area contributed by atoms with E-state index >= 15 is 0 Å². The molecule has 0 bridgehead atoms. The molecule has 1 fully saturated rings. The molecule has 4 N–H and O–H groups in total. The number of rotatable bonds is 4. The maximum absolute atomic E-state index is 12.1. The predicted molar refractivity (Wildman–Crippen MR) is 77.0 cm³/mol. The first kappa shape index (κ1) is 14.7. The smallest absolute Gasteiger partial charge is 0.251 e. The van der Waals surface area contributed by atoms with Gasteiger partial charge in [0.1, 0.15) is 0 Å². The molecule has 2 rings (SSSR count). The first-order valence-corrected chi connectivity index (χ1v) is 7.16. The normalized spacial score (nSPS) is 22.4. The summed E-state index contributed by atoms with van der Waals surface area (Å²) in [5, 5.41) is 25.1. The lowest BCUT2D eigenvalue weighted by Gasteiger charge is -2.29. The van der Waals surface area contributed by atoms with E-state index in [1.54, 1.807) is 0 Å². The van der Waals surface area contributed by atoms with Crippen LogP contribution in [0.4, 0.5) is 0 Å². The van der Waals surface area contributed by atoms with Crippen molar-refractivity contribution in [3.8, 4) is 11.5 Å². The molecule has 110 valence electrons. The zero-order chi connectivity index (χ0) is 14.5. The number of phenolic OH excluding ortho intramolecular Hbond substituents is 2. The Morgan fingerprint density at radius 1 is 1.15 bits per heavy atom. The lowest BCUT2D eigenvalue weighted by Crippen LogP contribution is -2.42. The van der Waals surface area contributed by atoms with E-state index in [0.717, 1.165) is 32.2 Å². The van der Waals surface area contributed by atoms with Crippen molar-refractivity contribution in [3.63, 3.8) is 0 Å². The number of carbonyl (C=O) groups is 1. The van der Waals surface area contributed by atoms with E-state index in [9.17, 15) is 15.0 Å². The van der Waals surface area contributed by atoms with E-state index in [4.69, 9.17) is 0 Å². The van der Waals surface area contributed by atoms with E-state index in [0.29, 0.717) is 11.6 Å². The van der Waals surface area contributed by atoms with Gasteiger partial charge in [0.25, 0.3) is 5.91 Å². The minimum atomic E-state index is -0.270. The van der Waals surface area contributed by atoms with Gasteiger partial charge in [-0.15, -0.1) is 0 Å². The van der Waals surface area contributed by atoms with Crippen LogP contribution in [0.25, 0.3) is 0 Å². The van der Waals surface area contributed by atoms with Crippen molar-refractivity contribution < 1.29 is 15.0 Å². The highest BCUT2D eigenvalue weighted by Gasteiger charge is 2.22. The van der Waals surface area contributed by atoms with Gasteiger partial charge in [-0.25, -0.2) is 0 Å². The first-order chi connectivity index (χ1) is 9.60. The molecule has 0 spiro atoms. The van der Waals surface area contributed by atoms with Gasteiger partial charge in [0.15, 0.2) is 11.5 Å². The van der Waals surface area contributed by atoms with Crippen LogP contribution in [-0.4, -0.2) is 34.7 Å². The van der Waals surface area contributed by atoms with Gasteiger partial charge in [0.2, 0.25) is 0 Å². The van der Waals surface area contributed by atoms with Crippen LogP contribution < -0.4 is 10.6 Å². The minimum Gasteiger partial charge on any atom is -0.504 e. The summed E-state index contributed by atoms with van der Waals surface area (Å²) in [6.07, 6.45) is 4.07. The van der Waals surface area contributed by atoms with Crippen LogP contribution in [0.15, 0.2) is 18.2 Å². The molecule has 1 aromatic rings. The quantitative estimate of drug-likeness (QED) is 0.632. The first-order valence-electron chi connectivity index (χ1n) is 7.16. The van der Waals surface area contributed by atoms with Crippen LogP contribution in [-0.2, 0) is 0 Å². The third-order valence-corrected chi connectivity index (χ3v) is 3.79. The average molecular weight is 278 g/mol. The van der Waals surface area contributed by atoms with Crippen LogP contribution >= 0.6 is 0 Å². The lowest BCUT2D eigenvalue weighted by atomic mass is 9.91. The molecule has 0 radical (unpaired) electrons. The van der Waals surface area contributed by atoms with Gasteiger partial charge in [-0.3, -0.25) is 4.79 Å². The number of carbonyl (C=O) groups excluding carboxylic acids is 1. The molecule has 1 aromatic carbocycles. The van der Waals surface area contributed by atoms with Gasteiger partial charge in [-0.1, -0.05) is 6.92 Å². The summed E-state index contributed by atoms with van der Waals surface area (Å²) < 4.78 is 0. The second-order valence-electron chi connectivity index (χ2n) is 5.28. The molecular weight excluding hydrogens is 256 g/mol. The van der Waals surface area contributed by atoms with Crippen molar-refractivity contribution in [2.75, 3.05) is 6.54 Å². The Bertz CT molecular complexity index is 468. The minimum absolute atomic E-state index is 0.188. The summed E-state index contributed by atoms with van der Waals surface area (Å²) in [4.78, 5) is 12.1. The Morgan fingerprint density at radius 2 is 1.80 bits per heavy atom. The van der Waals surface area contributed by atoms with Crippen LogP contribution in [0, 0.1) is 0 Å². The molecule has 1 aliphatic rings. The molecular formula is C15H22N2O3. The molecule has 1 saturated carbocycles. The highest BCUT2D eigenvalue weighted by atomic mass is 16.3. The Kier molecular flexibility index (Phi) is 4.84. The summed E-state index contributed by atoms with van der Waals surface area (Å²) in [5.41, 5.74) is 0.370. The van der Waals surface area contributed by atoms with Crippen molar-refractivity contribution in [1.82, 2.24) is 10.6 Å². The standard InChI is InChI=1S/C15H22N2O3/c1-2-16-11-4-6-12(7-5-11)17-15(20)10-3-8-13(18)14(19)9-10/h3,8-9,11-12,16,18-19H,2,4-7H2,1H3,(H,17,20). The number of aromatic hydroxyl groups is 2. The van der Waals surface area contributed by atoms with Crippen molar-refractivity contribution >= 4 is 5.91 Å². The number of benzene rings is 1. The monoisotopic (exact) mass is 278 g/mol. The number of nitrogens with one attached hydrogen (secondary N) is 2. The van der Waals surface area contributed by atoms with Crippen LogP contribution in [0.5, 0.6) is 11.5 Å². The van der Waals surface area contributed by atoms with Crippen molar-refractivity contribution in [2.45, 2.75) is 44.7 Å². The molecule has 1 aliphatic carbocycles. The summed E-state index contributed by atoms with van der Waals surface area (Å²) >= 11 is 0. The van der Waals surface area contributed by atoms with E-state index in [2.05, 4.69) is 17.6 Å². The Balaban J connectivity index is 1.87. The second kappa shape index (κ2) is 6.61. The lowest BCUT2D eigenvalue weighted by molar-refractivity contribution is 0.0924. The summed E-state index contributed by atoms with van der Waals surface area (Å²) in [6, 6.07) is 4.87. The number of hydrogen-bond donors (Lipinski definition) is 4. The molecule has 0 heterocycles. The molecule has 0 atom stereocenters. The fourth-order valence-corrected chi connectivity index (χ4v) is 2.66. The van der Waals surface area contributed by atoms with Gasteiger partial charge < -0.3 is 20.8 Å². The highest BCUT2D eigenvalue weighted by Crippen LogP contribution is 2.25. The Hall–Kier alpha value is -1.75. The average Bonchev–Trinajstić information content (AvgIpc) is 2.44. The number of amides is 1. The van der Waals surface area contributed by atoms with E-state index in [1.807, 2.05) is 0 Å². The number of hydrogen-bond acceptors (Lipinski definition) is 4. The summed E-state index contributed by atoms with van der Waals surface area (Å²) in [5.74, 6) is -0.687. The molecule has 1 amide bonds. The SMILES string of the molecule is CCNC1CCC(NC(=O)c2ccc(O)c(O)c2)CC1. The van der Waals surface area contributed by atoms with Gasteiger partial charge in [-0.05, 0) is 50.4 Å². The fourth-order valence-electron chi connectivity index (χ4n) is 2.66.